The van der Waals surface area contributed by atoms with Crippen LogP contribution in [0.4, 0.5) is 10.8 Å². The summed E-state index contributed by atoms with van der Waals surface area (Å²) in [6.45, 7) is 2.03. The van der Waals surface area contributed by atoms with Crippen LogP contribution in [0.15, 0.2) is 47.8 Å². The van der Waals surface area contributed by atoms with Crippen LogP contribution in [0.1, 0.15) is 15.9 Å². The van der Waals surface area contributed by atoms with E-state index < -0.39 is 5.97 Å². The molecule has 1 aromatic heterocycles. The third-order valence-corrected chi connectivity index (χ3v) is 4.09. The second-order valence-electron chi connectivity index (χ2n) is 5.07. The van der Waals surface area contributed by atoms with E-state index in [-0.39, 0.29) is 11.3 Å². The van der Waals surface area contributed by atoms with Gasteiger partial charge in [0.1, 0.15) is 11.3 Å². The maximum Gasteiger partial charge on any atom is 0.339 e. The van der Waals surface area contributed by atoms with Gasteiger partial charge in [0.25, 0.3) is 0 Å². The SMILES string of the molecule is Cc1ccc(-c2csc(Nc3ccc(O)c(C(=O)O)c3)n2)cc1. The first kappa shape index (κ1) is 15.1. The minimum absolute atomic E-state index is 0.148. The standard InChI is InChI=1S/C17H14N2O3S/c1-10-2-4-11(5-3-10)14-9-23-17(19-14)18-12-6-7-15(20)13(8-12)16(21)22/h2-9,20H,1H3,(H,18,19)(H,21,22). The highest BCUT2D eigenvalue weighted by Crippen LogP contribution is 2.29. The van der Waals surface area contributed by atoms with E-state index in [2.05, 4.69) is 10.3 Å². The van der Waals surface area contributed by atoms with Gasteiger partial charge in [-0.3, -0.25) is 0 Å². The predicted octanol–water partition coefficient (Wildman–Crippen LogP) is 4.27. The third-order valence-electron chi connectivity index (χ3n) is 3.33. The Labute approximate surface area is 136 Å². The number of nitrogens with one attached hydrogen (secondary N) is 1. The lowest BCUT2D eigenvalue weighted by molar-refractivity contribution is 0.0694. The number of carboxylic acids is 1. The van der Waals surface area contributed by atoms with Crippen LogP contribution in [0.2, 0.25) is 0 Å². The molecule has 0 fully saturated rings. The molecule has 3 aromatic rings. The maximum atomic E-state index is 11.0. The van der Waals surface area contributed by atoms with E-state index in [0.29, 0.717) is 10.8 Å². The molecule has 0 radical (unpaired) electrons. The molecule has 0 unspecified atom stereocenters. The van der Waals surface area contributed by atoms with Crippen molar-refractivity contribution in [3.05, 3.63) is 59.0 Å². The van der Waals surface area contributed by atoms with Crippen molar-refractivity contribution >= 4 is 28.1 Å². The van der Waals surface area contributed by atoms with E-state index in [1.807, 2.05) is 36.6 Å². The number of aromatic hydroxyl groups is 1. The molecule has 0 amide bonds. The van der Waals surface area contributed by atoms with Crippen LogP contribution in [-0.2, 0) is 0 Å². The Kier molecular flexibility index (Phi) is 3.99. The number of aromatic carboxylic acids is 1. The van der Waals surface area contributed by atoms with Crippen molar-refractivity contribution in [3.63, 3.8) is 0 Å². The fraction of sp³-hybridized carbons (Fsp3) is 0.0588. The Hall–Kier alpha value is -2.86. The van der Waals surface area contributed by atoms with Crippen molar-refractivity contribution in [1.29, 1.82) is 0 Å². The van der Waals surface area contributed by atoms with E-state index in [9.17, 15) is 9.90 Å². The fourth-order valence-corrected chi connectivity index (χ4v) is 2.84. The predicted molar refractivity (Wildman–Crippen MR) is 90.6 cm³/mol. The van der Waals surface area contributed by atoms with E-state index in [1.165, 1.54) is 29.0 Å². The summed E-state index contributed by atoms with van der Waals surface area (Å²) < 4.78 is 0. The average Bonchev–Trinajstić information content (AvgIpc) is 2.98. The summed E-state index contributed by atoms with van der Waals surface area (Å²) in [6.07, 6.45) is 0. The van der Waals surface area contributed by atoms with Crippen molar-refractivity contribution < 1.29 is 15.0 Å². The monoisotopic (exact) mass is 326 g/mol. The van der Waals surface area contributed by atoms with E-state index in [4.69, 9.17) is 5.11 Å². The van der Waals surface area contributed by atoms with Gasteiger partial charge in [0.2, 0.25) is 0 Å². The molecular weight excluding hydrogens is 312 g/mol. The summed E-state index contributed by atoms with van der Waals surface area (Å²) in [6, 6.07) is 12.4. The number of carboxylic acid groups (broad SMARTS) is 1. The molecule has 0 atom stereocenters. The zero-order valence-electron chi connectivity index (χ0n) is 12.3. The van der Waals surface area contributed by atoms with Crippen LogP contribution < -0.4 is 5.32 Å². The summed E-state index contributed by atoms with van der Waals surface area (Å²) >= 11 is 1.43. The number of rotatable bonds is 4. The molecule has 5 nitrogen and oxygen atoms in total. The summed E-state index contributed by atoms with van der Waals surface area (Å²) in [7, 11) is 0. The number of hydrogen-bond acceptors (Lipinski definition) is 5. The second-order valence-corrected chi connectivity index (χ2v) is 5.92. The zero-order chi connectivity index (χ0) is 16.4. The fourth-order valence-electron chi connectivity index (χ4n) is 2.10. The molecule has 3 N–H and O–H groups in total. The number of nitrogens with zero attached hydrogens (tertiary/aromatic N) is 1. The van der Waals surface area contributed by atoms with Crippen LogP contribution >= 0.6 is 11.3 Å². The molecule has 0 aliphatic carbocycles. The molecule has 1 heterocycles. The van der Waals surface area contributed by atoms with Gasteiger partial charge >= 0.3 is 5.97 Å². The Morgan fingerprint density at radius 1 is 1.17 bits per heavy atom. The van der Waals surface area contributed by atoms with Gasteiger partial charge in [0, 0.05) is 16.6 Å². The highest BCUT2D eigenvalue weighted by Gasteiger charge is 2.11. The van der Waals surface area contributed by atoms with Crippen molar-refractivity contribution in [1.82, 2.24) is 4.98 Å². The van der Waals surface area contributed by atoms with Crippen molar-refractivity contribution in [3.8, 4) is 17.0 Å². The average molecular weight is 326 g/mol. The van der Waals surface area contributed by atoms with E-state index in [1.54, 1.807) is 6.07 Å². The number of hydrogen-bond donors (Lipinski definition) is 3. The quantitative estimate of drug-likeness (QED) is 0.624. The number of thiazole rings is 1. The van der Waals surface area contributed by atoms with Gasteiger partial charge < -0.3 is 15.5 Å². The molecule has 0 aliphatic rings. The third kappa shape index (κ3) is 3.32. The summed E-state index contributed by atoms with van der Waals surface area (Å²) in [5.74, 6) is -1.44. The smallest absolute Gasteiger partial charge is 0.339 e. The van der Waals surface area contributed by atoms with Crippen molar-refractivity contribution in [2.75, 3.05) is 5.32 Å². The first-order valence-corrected chi connectivity index (χ1v) is 7.77. The van der Waals surface area contributed by atoms with Gasteiger partial charge in [-0.25, -0.2) is 9.78 Å². The van der Waals surface area contributed by atoms with Crippen LogP contribution in [-0.4, -0.2) is 21.2 Å². The molecule has 2 aromatic carbocycles. The number of aromatic nitrogens is 1. The molecule has 6 heteroatoms. The molecule has 0 saturated carbocycles. The summed E-state index contributed by atoms with van der Waals surface area (Å²) in [5.41, 5.74) is 3.48. The first-order chi connectivity index (χ1) is 11.0. The van der Waals surface area contributed by atoms with Gasteiger partial charge in [-0.2, -0.15) is 0 Å². The van der Waals surface area contributed by atoms with Crippen LogP contribution in [0.25, 0.3) is 11.3 Å². The lowest BCUT2D eigenvalue weighted by Crippen LogP contribution is -1.98. The Morgan fingerprint density at radius 2 is 1.91 bits per heavy atom. The number of carbonyl (C=O) groups is 1. The highest BCUT2D eigenvalue weighted by molar-refractivity contribution is 7.14. The lowest BCUT2D eigenvalue weighted by atomic mass is 10.1. The minimum Gasteiger partial charge on any atom is -0.507 e. The lowest BCUT2D eigenvalue weighted by Gasteiger charge is -2.05. The van der Waals surface area contributed by atoms with Gasteiger partial charge in [-0.1, -0.05) is 29.8 Å². The molecular formula is C17H14N2O3S. The van der Waals surface area contributed by atoms with Gasteiger partial charge in [0.15, 0.2) is 5.13 Å². The molecule has 0 saturated heterocycles. The Bertz CT molecular complexity index is 857. The zero-order valence-corrected chi connectivity index (χ0v) is 13.1. The largest absolute Gasteiger partial charge is 0.507 e. The normalized spacial score (nSPS) is 10.5. The van der Waals surface area contributed by atoms with Crippen LogP contribution in [0.3, 0.4) is 0 Å². The minimum atomic E-state index is -1.18. The molecule has 0 aliphatic heterocycles. The first-order valence-electron chi connectivity index (χ1n) is 6.89. The molecule has 23 heavy (non-hydrogen) atoms. The molecule has 3 rings (SSSR count). The number of benzene rings is 2. The van der Waals surface area contributed by atoms with Crippen LogP contribution in [0, 0.1) is 6.92 Å². The Balaban J connectivity index is 1.83. The van der Waals surface area contributed by atoms with Crippen molar-refractivity contribution in [2.45, 2.75) is 6.92 Å². The number of anilines is 2. The van der Waals surface area contributed by atoms with Gasteiger partial charge in [0.05, 0.1) is 5.69 Å². The van der Waals surface area contributed by atoms with Crippen LogP contribution in [0.5, 0.6) is 5.75 Å². The van der Waals surface area contributed by atoms with E-state index in [0.717, 1.165) is 11.3 Å². The number of phenols is 1. The Morgan fingerprint density at radius 3 is 2.61 bits per heavy atom. The molecule has 116 valence electrons. The highest BCUT2D eigenvalue weighted by atomic mass is 32.1. The van der Waals surface area contributed by atoms with Gasteiger partial charge in [-0.15, -0.1) is 11.3 Å². The van der Waals surface area contributed by atoms with Gasteiger partial charge in [-0.05, 0) is 25.1 Å². The molecule has 0 spiro atoms. The van der Waals surface area contributed by atoms with E-state index >= 15 is 0 Å². The van der Waals surface area contributed by atoms with Crippen molar-refractivity contribution in [2.24, 2.45) is 0 Å². The summed E-state index contributed by atoms with van der Waals surface area (Å²) in [4.78, 5) is 15.5. The maximum absolute atomic E-state index is 11.0. The topological polar surface area (TPSA) is 82.5 Å². The summed E-state index contributed by atoms with van der Waals surface area (Å²) in [5, 5.41) is 24.2. The second kappa shape index (κ2) is 6.10. The number of aryl methyl sites for hydroxylation is 1. The molecule has 0 bridgehead atoms.